The van der Waals surface area contributed by atoms with E-state index < -0.39 is 0 Å². The van der Waals surface area contributed by atoms with E-state index in [4.69, 9.17) is 0 Å². The zero-order valence-corrected chi connectivity index (χ0v) is 16.0. The van der Waals surface area contributed by atoms with Crippen LogP contribution in [-0.2, 0) is 0 Å². The monoisotopic (exact) mass is 367 g/mol. The molecular weight excluding hydrogens is 342 g/mol. The van der Waals surface area contributed by atoms with Crippen LogP contribution >= 0.6 is 0 Å². The van der Waals surface area contributed by atoms with Crippen molar-refractivity contribution in [1.82, 2.24) is 25.5 Å². The average Bonchev–Trinajstić information content (AvgIpc) is 2.67. The van der Waals surface area contributed by atoms with Crippen molar-refractivity contribution in [2.45, 2.75) is 33.1 Å². The molecule has 0 spiro atoms. The lowest BCUT2D eigenvalue weighted by molar-refractivity contribution is 0.0957. The Balaban J connectivity index is 1.88. The number of rotatable bonds is 5. The second-order valence-electron chi connectivity index (χ2n) is 6.72. The molecule has 27 heavy (non-hydrogen) atoms. The van der Waals surface area contributed by atoms with Crippen LogP contribution < -0.4 is 15.5 Å². The van der Waals surface area contributed by atoms with Gasteiger partial charge in [-0.05, 0) is 44.7 Å². The molecule has 0 bridgehead atoms. The summed E-state index contributed by atoms with van der Waals surface area (Å²) in [6, 6.07) is 3.63. The van der Waals surface area contributed by atoms with Gasteiger partial charge in [-0.15, -0.1) is 10.2 Å². The van der Waals surface area contributed by atoms with Crippen molar-refractivity contribution >= 4 is 29.1 Å². The third kappa shape index (κ3) is 4.39. The minimum absolute atomic E-state index is 0.253. The first-order valence-corrected chi connectivity index (χ1v) is 9.11. The number of amides is 1. The summed E-state index contributed by atoms with van der Waals surface area (Å²) in [6.07, 6.45) is 3.58. The van der Waals surface area contributed by atoms with Crippen molar-refractivity contribution in [3.05, 3.63) is 35.7 Å². The van der Waals surface area contributed by atoms with Gasteiger partial charge in [-0.1, -0.05) is 6.58 Å². The van der Waals surface area contributed by atoms with Gasteiger partial charge >= 0.3 is 0 Å². The molecule has 3 heterocycles. The molecule has 0 aromatic carbocycles. The number of aryl methyl sites for hydroxylation is 1. The van der Waals surface area contributed by atoms with Gasteiger partial charge in [0.1, 0.15) is 5.82 Å². The second-order valence-corrected chi connectivity index (χ2v) is 6.72. The Morgan fingerprint density at radius 3 is 2.52 bits per heavy atom. The van der Waals surface area contributed by atoms with Crippen LogP contribution in [0.3, 0.4) is 0 Å². The van der Waals surface area contributed by atoms with E-state index in [1.54, 1.807) is 13.1 Å². The van der Waals surface area contributed by atoms with Crippen LogP contribution in [0, 0.1) is 6.92 Å². The van der Waals surface area contributed by atoms with Crippen LogP contribution in [0.1, 0.15) is 47.9 Å². The molecule has 0 aliphatic carbocycles. The number of nitrogens with zero attached hydrogens (tertiary/aromatic N) is 5. The van der Waals surface area contributed by atoms with Gasteiger partial charge < -0.3 is 15.5 Å². The van der Waals surface area contributed by atoms with Crippen LogP contribution in [0.25, 0.3) is 5.57 Å². The first kappa shape index (κ1) is 18.8. The largest absolute Gasteiger partial charge is 0.354 e. The Bertz CT molecular complexity index is 859. The zero-order valence-electron chi connectivity index (χ0n) is 16.0. The number of carbonyl (C=O) groups excluding carboxylic acids is 1. The summed E-state index contributed by atoms with van der Waals surface area (Å²) in [5, 5.41) is 13.9. The summed E-state index contributed by atoms with van der Waals surface area (Å²) in [4.78, 5) is 23.4. The number of aromatic nitrogens is 4. The van der Waals surface area contributed by atoms with E-state index in [0.29, 0.717) is 17.2 Å². The molecule has 8 nitrogen and oxygen atoms in total. The number of carbonyl (C=O) groups is 1. The zero-order chi connectivity index (χ0) is 19.4. The fourth-order valence-electron chi connectivity index (χ4n) is 3.05. The highest BCUT2D eigenvalue weighted by Gasteiger charge is 2.17. The average molecular weight is 367 g/mol. The fourth-order valence-corrected chi connectivity index (χ4v) is 3.05. The van der Waals surface area contributed by atoms with E-state index >= 15 is 0 Å². The lowest BCUT2D eigenvalue weighted by Crippen LogP contribution is -2.31. The first-order valence-electron chi connectivity index (χ1n) is 9.11. The quantitative estimate of drug-likeness (QED) is 0.839. The normalized spacial score (nSPS) is 14.0. The van der Waals surface area contributed by atoms with Crippen LogP contribution in [0.2, 0.25) is 0 Å². The van der Waals surface area contributed by atoms with Crippen LogP contribution in [-0.4, -0.2) is 46.2 Å². The van der Waals surface area contributed by atoms with E-state index in [9.17, 15) is 4.79 Å². The van der Waals surface area contributed by atoms with Gasteiger partial charge in [0.25, 0.3) is 5.91 Å². The number of allylic oxidation sites excluding steroid dienone is 1. The molecule has 0 radical (unpaired) electrons. The van der Waals surface area contributed by atoms with Gasteiger partial charge in [-0.25, -0.2) is 4.98 Å². The van der Waals surface area contributed by atoms with E-state index in [1.165, 1.54) is 6.42 Å². The molecule has 1 fully saturated rings. The molecule has 1 amide bonds. The third-order valence-electron chi connectivity index (χ3n) is 4.43. The SMILES string of the molecule is C=C(C)c1cc(Nc2cc(C)nc(N3CCCCC3)n2)nnc1C(=O)NC. The maximum Gasteiger partial charge on any atom is 0.272 e. The number of hydrogen-bond acceptors (Lipinski definition) is 7. The highest BCUT2D eigenvalue weighted by Crippen LogP contribution is 2.23. The molecule has 8 heteroatoms. The molecule has 1 saturated heterocycles. The molecular formula is C19H25N7O. The van der Waals surface area contributed by atoms with E-state index in [2.05, 4.69) is 42.3 Å². The Morgan fingerprint density at radius 2 is 1.85 bits per heavy atom. The Hall–Kier alpha value is -3.03. The molecule has 3 rings (SSSR count). The lowest BCUT2D eigenvalue weighted by Gasteiger charge is -2.27. The summed E-state index contributed by atoms with van der Waals surface area (Å²) >= 11 is 0. The first-order chi connectivity index (χ1) is 13.0. The molecule has 142 valence electrons. The van der Waals surface area contributed by atoms with Gasteiger partial charge in [-0.3, -0.25) is 4.79 Å². The Morgan fingerprint density at radius 1 is 1.11 bits per heavy atom. The summed E-state index contributed by atoms with van der Waals surface area (Å²) in [5.41, 5.74) is 2.51. The van der Waals surface area contributed by atoms with Gasteiger partial charge in [-0.2, -0.15) is 4.98 Å². The predicted molar refractivity (Wildman–Crippen MR) is 106 cm³/mol. The molecule has 1 aliphatic heterocycles. The predicted octanol–water partition coefficient (Wildman–Crippen LogP) is 2.70. The van der Waals surface area contributed by atoms with Crippen molar-refractivity contribution < 1.29 is 4.79 Å². The van der Waals surface area contributed by atoms with E-state index in [1.807, 2.05) is 19.9 Å². The summed E-state index contributed by atoms with van der Waals surface area (Å²) in [5.74, 6) is 1.59. The van der Waals surface area contributed by atoms with Crippen molar-refractivity contribution in [2.75, 3.05) is 30.4 Å². The van der Waals surface area contributed by atoms with Gasteiger partial charge in [0.2, 0.25) is 5.95 Å². The van der Waals surface area contributed by atoms with Gasteiger partial charge in [0.05, 0.1) is 0 Å². The molecule has 0 atom stereocenters. The smallest absolute Gasteiger partial charge is 0.272 e. The summed E-state index contributed by atoms with van der Waals surface area (Å²) in [6.45, 7) is 9.66. The molecule has 2 N–H and O–H groups in total. The minimum Gasteiger partial charge on any atom is -0.354 e. The van der Waals surface area contributed by atoms with Gasteiger partial charge in [0, 0.05) is 37.5 Å². The molecule has 2 aromatic rings. The Kier molecular flexibility index (Phi) is 5.63. The number of piperidine rings is 1. The third-order valence-corrected chi connectivity index (χ3v) is 4.43. The second kappa shape index (κ2) is 8.11. The van der Waals surface area contributed by atoms with Crippen LogP contribution in [0.15, 0.2) is 18.7 Å². The highest BCUT2D eigenvalue weighted by molar-refractivity contribution is 5.97. The topological polar surface area (TPSA) is 95.9 Å². The van der Waals surface area contributed by atoms with Gasteiger partial charge in [0.15, 0.2) is 11.5 Å². The number of hydrogen-bond donors (Lipinski definition) is 2. The molecule has 1 aliphatic rings. The number of anilines is 3. The van der Waals surface area contributed by atoms with Crippen molar-refractivity contribution in [2.24, 2.45) is 0 Å². The molecule has 0 unspecified atom stereocenters. The van der Waals surface area contributed by atoms with Crippen molar-refractivity contribution in [1.29, 1.82) is 0 Å². The highest BCUT2D eigenvalue weighted by atomic mass is 16.1. The van der Waals surface area contributed by atoms with Crippen molar-refractivity contribution in [3.63, 3.8) is 0 Å². The standard InChI is InChI=1S/C19H25N7O/c1-12(2)14-11-16(24-25-17(14)18(27)20-4)22-15-10-13(3)21-19(23-15)26-8-6-5-7-9-26/h10-11H,1,5-9H2,2-4H3,(H,20,27)(H,21,22,23,24). The van der Waals surface area contributed by atoms with Crippen LogP contribution in [0.4, 0.5) is 17.6 Å². The van der Waals surface area contributed by atoms with E-state index in [-0.39, 0.29) is 11.6 Å². The van der Waals surface area contributed by atoms with Crippen LogP contribution in [0.5, 0.6) is 0 Å². The Labute approximate surface area is 159 Å². The lowest BCUT2D eigenvalue weighted by atomic mass is 10.1. The number of nitrogens with one attached hydrogen (secondary N) is 2. The molecule has 0 saturated carbocycles. The fraction of sp³-hybridized carbons (Fsp3) is 0.421. The van der Waals surface area contributed by atoms with E-state index in [0.717, 1.165) is 43.1 Å². The maximum absolute atomic E-state index is 12.0. The maximum atomic E-state index is 12.0. The summed E-state index contributed by atoms with van der Waals surface area (Å²) in [7, 11) is 1.56. The summed E-state index contributed by atoms with van der Waals surface area (Å²) < 4.78 is 0. The minimum atomic E-state index is -0.294. The molecule has 2 aromatic heterocycles. The van der Waals surface area contributed by atoms with Crippen molar-refractivity contribution in [3.8, 4) is 0 Å².